The van der Waals surface area contributed by atoms with Gasteiger partial charge in [-0.3, -0.25) is 4.79 Å². The highest BCUT2D eigenvalue weighted by molar-refractivity contribution is 6.35. The number of amides is 1. The Morgan fingerprint density at radius 3 is 2.52 bits per heavy atom. The molecule has 2 N–H and O–H groups in total. The Labute approximate surface area is 132 Å². The van der Waals surface area contributed by atoms with Gasteiger partial charge in [-0.2, -0.15) is 0 Å². The van der Waals surface area contributed by atoms with Crippen molar-refractivity contribution in [2.45, 2.75) is 37.8 Å². The van der Waals surface area contributed by atoms with Crippen molar-refractivity contribution < 1.29 is 19.4 Å². The van der Waals surface area contributed by atoms with E-state index in [0.29, 0.717) is 28.6 Å². The molecule has 21 heavy (non-hydrogen) atoms. The van der Waals surface area contributed by atoms with Crippen LogP contribution >= 0.6 is 23.2 Å². The molecule has 0 aliphatic heterocycles. The van der Waals surface area contributed by atoms with Crippen LogP contribution in [0.3, 0.4) is 0 Å². The Kier molecular flexibility index (Phi) is 4.64. The fourth-order valence-electron chi connectivity index (χ4n) is 2.07. The average molecular weight is 332 g/mol. The van der Waals surface area contributed by atoms with Crippen LogP contribution in [0.15, 0.2) is 18.2 Å². The average Bonchev–Trinajstić information content (AvgIpc) is 2.36. The molecule has 1 atom stereocenters. The van der Waals surface area contributed by atoms with E-state index in [-0.39, 0.29) is 0 Å². The smallest absolute Gasteiger partial charge is 0.329 e. The highest BCUT2D eigenvalue weighted by atomic mass is 35.5. The fourth-order valence-corrected chi connectivity index (χ4v) is 2.53. The second-order valence-corrected chi connectivity index (χ2v) is 5.91. The van der Waals surface area contributed by atoms with Crippen molar-refractivity contribution in [3.05, 3.63) is 28.2 Å². The van der Waals surface area contributed by atoms with E-state index in [1.165, 1.54) is 13.0 Å². The number of carbonyl (C=O) groups excluding carboxylic acids is 1. The highest BCUT2D eigenvalue weighted by Crippen LogP contribution is 2.32. The maximum Gasteiger partial charge on any atom is 0.329 e. The predicted molar refractivity (Wildman–Crippen MR) is 78.9 cm³/mol. The van der Waals surface area contributed by atoms with Crippen molar-refractivity contribution in [1.82, 2.24) is 5.32 Å². The lowest BCUT2D eigenvalue weighted by atomic mass is 9.76. The summed E-state index contributed by atoms with van der Waals surface area (Å²) in [4.78, 5) is 23.3. The summed E-state index contributed by atoms with van der Waals surface area (Å²) in [5.41, 5.74) is -1.15. The Morgan fingerprint density at radius 1 is 1.38 bits per heavy atom. The molecule has 1 saturated carbocycles. The molecule has 0 spiro atoms. The van der Waals surface area contributed by atoms with Crippen molar-refractivity contribution in [2.24, 2.45) is 0 Å². The number of benzene rings is 1. The third kappa shape index (κ3) is 3.41. The molecule has 114 valence electrons. The van der Waals surface area contributed by atoms with Gasteiger partial charge in [-0.1, -0.05) is 23.2 Å². The molecule has 1 aromatic rings. The SMILES string of the molecule is CC(Oc1ccc(Cl)cc1Cl)C(=O)NC1(C(=O)O)CCC1. The zero-order valence-electron chi connectivity index (χ0n) is 11.4. The Morgan fingerprint density at radius 2 is 2.05 bits per heavy atom. The minimum absolute atomic E-state index is 0.291. The molecule has 5 nitrogen and oxygen atoms in total. The number of nitrogens with one attached hydrogen (secondary N) is 1. The number of aliphatic carboxylic acids is 1. The lowest BCUT2D eigenvalue weighted by Crippen LogP contribution is -2.61. The molecule has 2 rings (SSSR count). The molecule has 1 unspecified atom stereocenters. The normalized spacial score (nSPS) is 17.5. The van der Waals surface area contributed by atoms with Crippen molar-refractivity contribution >= 4 is 35.1 Å². The molecule has 0 heterocycles. The summed E-state index contributed by atoms with van der Waals surface area (Å²) < 4.78 is 5.46. The van der Waals surface area contributed by atoms with Crippen LogP contribution in [-0.4, -0.2) is 28.6 Å². The van der Waals surface area contributed by atoms with E-state index in [1.54, 1.807) is 12.1 Å². The largest absolute Gasteiger partial charge is 0.480 e. The topological polar surface area (TPSA) is 75.6 Å². The first-order valence-corrected chi connectivity index (χ1v) is 7.27. The van der Waals surface area contributed by atoms with Crippen LogP contribution in [0.4, 0.5) is 0 Å². The summed E-state index contributed by atoms with van der Waals surface area (Å²) in [6.45, 7) is 1.54. The van der Waals surface area contributed by atoms with Crippen molar-refractivity contribution in [3.63, 3.8) is 0 Å². The lowest BCUT2D eigenvalue weighted by Gasteiger charge is -2.38. The van der Waals surface area contributed by atoms with Gasteiger partial charge in [-0.25, -0.2) is 4.79 Å². The Bertz CT molecular complexity index is 572. The molecular formula is C14H15Cl2NO4. The number of carboxylic acid groups (broad SMARTS) is 1. The number of carboxylic acids is 1. The lowest BCUT2D eigenvalue weighted by molar-refractivity contribution is -0.152. The van der Waals surface area contributed by atoms with Crippen LogP contribution in [0, 0.1) is 0 Å². The number of rotatable bonds is 5. The van der Waals surface area contributed by atoms with Gasteiger partial charge in [0.1, 0.15) is 11.3 Å². The van der Waals surface area contributed by atoms with E-state index in [0.717, 1.165) is 6.42 Å². The summed E-state index contributed by atoms with van der Waals surface area (Å²) in [7, 11) is 0. The van der Waals surface area contributed by atoms with Crippen LogP contribution in [0.5, 0.6) is 5.75 Å². The first kappa shape index (κ1) is 15.9. The molecule has 1 aliphatic rings. The second-order valence-electron chi connectivity index (χ2n) is 5.06. The molecule has 1 aromatic carbocycles. The van der Waals surface area contributed by atoms with Gasteiger partial charge in [0.05, 0.1) is 5.02 Å². The van der Waals surface area contributed by atoms with Crippen molar-refractivity contribution in [2.75, 3.05) is 0 Å². The predicted octanol–water partition coefficient (Wildman–Crippen LogP) is 2.88. The second kappa shape index (κ2) is 6.12. The highest BCUT2D eigenvalue weighted by Gasteiger charge is 2.46. The van der Waals surface area contributed by atoms with Crippen LogP contribution < -0.4 is 10.1 Å². The van der Waals surface area contributed by atoms with Gasteiger partial charge >= 0.3 is 5.97 Å². The third-order valence-corrected chi connectivity index (χ3v) is 4.08. The van der Waals surface area contributed by atoms with Gasteiger partial charge in [0.15, 0.2) is 6.10 Å². The molecule has 0 saturated heterocycles. The number of carbonyl (C=O) groups is 2. The summed E-state index contributed by atoms with van der Waals surface area (Å²) in [6.07, 6.45) is 0.788. The van der Waals surface area contributed by atoms with E-state index in [2.05, 4.69) is 5.32 Å². The fraction of sp³-hybridized carbons (Fsp3) is 0.429. The molecule has 0 bridgehead atoms. The van der Waals surface area contributed by atoms with E-state index in [4.69, 9.17) is 27.9 Å². The molecule has 1 amide bonds. The van der Waals surface area contributed by atoms with Gasteiger partial charge < -0.3 is 15.2 Å². The summed E-state index contributed by atoms with van der Waals surface area (Å²) in [5.74, 6) is -1.18. The molecule has 7 heteroatoms. The van der Waals surface area contributed by atoms with Gasteiger partial charge in [-0.05, 0) is 44.4 Å². The minimum Gasteiger partial charge on any atom is -0.480 e. The van der Waals surface area contributed by atoms with E-state index in [1.807, 2.05) is 0 Å². The van der Waals surface area contributed by atoms with E-state index in [9.17, 15) is 14.7 Å². The van der Waals surface area contributed by atoms with E-state index >= 15 is 0 Å². The van der Waals surface area contributed by atoms with Crippen LogP contribution in [-0.2, 0) is 9.59 Å². The van der Waals surface area contributed by atoms with Crippen LogP contribution in [0.1, 0.15) is 26.2 Å². The standard InChI is InChI=1S/C14H15Cl2NO4/c1-8(21-11-4-3-9(15)7-10(11)16)12(18)17-14(13(19)20)5-2-6-14/h3-4,7-8H,2,5-6H2,1H3,(H,17,18)(H,19,20). The monoisotopic (exact) mass is 331 g/mol. The summed E-state index contributed by atoms with van der Waals surface area (Å²) in [5, 5.41) is 12.5. The molecule has 1 fully saturated rings. The Hall–Kier alpha value is -1.46. The van der Waals surface area contributed by atoms with Crippen molar-refractivity contribution in [3.8, 4) is 5.75 Å². The van der Waals surface area contributed by atoms with Crippen LogP contribution in [0.25, 0.3) is 0 Å². The quantitative estimate of drug-likeness (QED) is 0.869. The van der Waals surface area contributed by atoms with Crippen LogP contribution in [0.2, 0.25) is 10.0 Å². The number of hydrogen-bond acceptors (Lipinski definition) is 3. The van der Waals surface area contributed by atoms with Gasteiger partial charge in [0, 0.05) is 5.02 Å². The number of ether oxygens (including phenoxy) is 1. The summed E-state index contributed by atoms with van der Waals surface area (Å²) >= 11 is 11.7. The van der Waals surface area contributed by atoms with Crippen molar-refractivity contribution in [1.29, 1.82) is 0 Å². The number of halogens is 2. The molecule has 0 radical (unpaired) electrons. The maximum absolute atomic E-state index is 12.1. The van der Waals surface area contributed by atoms with E-state index < -0.39 is 23.5 Å². The molecule has 1 aliphatic carbocycles. The number of hydrogen-bond donors (Lipinski definition) is 2. The zero-order valence-corrected chi connectivity index (χ0v) is 12.9. The minimum atomic E-state index is -1.15. The first-order chi connectivity index (χ1) is 9.84. The maximum atomic E-state index is 12.1. The van der Waals surface area contributed by atoms with Gasteiger partial charge in [0.2, 0.25) is 0 Å². The molecular weight excluding hydrogens is 317 g/mol. The molecule has 0 aromatic heterocycles. The van der Waals surface area contributed by atoms with Gasteiger partial charge in [0.25, 0.3) is 5.91 Å². The third-order valence-electron chi connectivity index (χ3n) is 3.55. The Balaban J connectivity index is 2.01. The first-order valence-electron chi connectivity index (χ1n) is 6.51. The zero-order chi connectivity index (χ0) is 15.6. The summed E-state index contributed by atoms with van der Waals surface area (Å²) in [6, 6.07) is 4.66. The van der Waals surface area contributed by atoms with Gasteiger partial charge in [-0.15, -0.1) is 0 Å².